The molecule has 2 aliphatic heterocycles. The van der Waals surface area contributed by atoms with Gasteiger partial charge in [-0.3, -0.25) is 24.1 Å². The van der Waals surface area contributed by atoms with Crippen molar-refractivity contribution in [3.63, 3.8) is 0 Å². The maximum Gasteiger partial charge on any atom is 0.327 e. The number of benzene rings is 2. The second-order valence-corrected chi connectivity index (χ2v) is 11.0. The van der Waals surface area contributed by atoms with Gasteiger partial charge in [-0.2, -0.15) is 0 Å². The zero-order valence-electron chi connectivity index (χ0n) is 19.9. The third-order valence-corrected chi connectivity index (χ3v) is 9.03. The highest BCUT2D eigenvalue weighted by Gasteiger charge is 2.63. The number of esters is 1. The number of fused-ring (bicyclic) bond motifs is 1. The average molecular weight is 537 g/mol. The lowest BCUT2D eigenvalue weighted by atomic mass is 9.86. The molecule has 5 rings (SSSR count). The number of amides is 2. The standard InChI is InChI=1S/C27H24N2O6S2/c1-17(30)29(20-13-8-14-36-20)21-23(31)28-15-27(25(32)33,16-37-24(21)28)26(34)35-22(18-9-4-2-5-10-18)19-11-6-3-7-12-19/h2-14,21-22,24H,15-16H2,1H3,(H,32,33)/t21?,24-,27?/m1/s1. The number of rotatable bonds is 7. The van der Waals surface area contributed by atoms with Gasteiger partial charge in [0.15, 0.2) is 11.5 Å². The van der Waals surface area contributed by atoms with Gasteiger partial charge in [-0.15, -0.1) is 23.1 Å². The first kappa shape index (κ1) is 25.0. The van der Waals surface area contributed by atoms with E-state index in [2.05, 4.69) is 0 Å². The van der Waals surface area contributed by atoms with Gasteiger partial charge in [0, 0.05) is 19.2 Å². The second-order valence-electron chi connectivity index (χ2n) is 8.95. The van der Waals surface area contributed by atoms with E-state index in [0.29, 0.717) is 16.1 Å². The first-order valence-corrected chi connectivity index (χ1v) is 13.6. The van der Waals surface area contributed by atoms with Crippen LogP contribution in [0.3, 0.4) is 0 Å². The number of thioether (sulfide) groups is 1. The fraction of sp³-hybridized carbons (Fsp3) is 0.259. The Bertz CT molecular complexity index is 1280. The van der Waals surface area contributed by atoms with Crippen molar-refractivity contribution in [2.24, 2.45) is 5.41 Å². The molecule has 1 aromatic heterocycles. The smallest absolute Gasteiger partial charge is 0.327 e. The first-order chi connectivity index (χ1) is 17.8. The van der Waals surface area contributed by atoms with Gasteiger partial charge in [-0.05, 0) is 28.6 Å². The lowest BCUT2D eigenvalue weighted by molar-refractivity contribution is -0.175. The Morgan fingerprint density at radius 3 is 2.16 bits per heavy atom. The van der Waals surface area contributed by atoms with Crippen LogP contribution in [0.5, 0.6) is 0 Å². The fourth-order valence-corrected chi connectivity index (χ4v) is 7.07. The molecule has 3 aromatic rings. The highest BCUT2D eigenvalue weighted by Crippen LogP contribution is 2.46. The van der Waals surface area contributed by atoms with Gasteiger partial charge >= 0.3 is 11.9 Å². The molecule has 10 heteroatoms. The third kappa shape index (κ3) is 4.40. The molecule has 37 heavy (non-hydrogen) atoms. The number of hydrogen-bond donors (Lipinski definition) is 1. The summed E-state index contributed by atoms with van der Waals surface area (Å²) in [6, 6.07) is 21.0. The minimum absolute atomic E-state index is 0.0847. The summed E-state index contributed by atoms with van der Waals surface area (Å²) in [6.07, 6.45) is -0.805. The predicted molar refractivity (Wildman–Crippen MR) is 140 cm³/mol. The van der Waals surface area contributed by atoms with Crippen LogP contribution in [0.2, 0.25) is 0 Å². The normalized spacial score (nSPS) is 22.6. The van der Waals surface area contributed by atoms with Gasteiger partial charge in [0.2, 0.25) is 11.8 Å². The summed E-state index contributed by atoms with van der Waals surface area (Å²) >= 11 is 2.53. The Labute approximate surface area is 221 Å². The van der Waals surface area contributed by atoms with E-state index in [-0.39, 0.29) is 24.1 Å². The molecule has 2 amide bonds. The van der Waals surface area contributed by atoms with Crippen molar-refractivity contribution >= 4 is 51.9 Å². The molecular weight excluding hydrogens is 512 g/mol. The van der Waals surface area contributed by atoms with E-state index in [9.17, 15) is 24.3 Å². The Hall–Kier alpha value is -3.63. The van der Waals surface area contributed by atoms with Crippen LogP contribution in [0.25, 0.3) is 0 Å². The summed E-state index contributed by atoms with van der Waals surface area (Å²) < 4.78 is 5.91. The van der Waals surface area contributed by atoms with Crippen molar-refractivity contribution in [3.05, 3.63) is 89.3 Å². The molecule has 0 spiro atoms. The SMILES string of the molecule is CC(=O)N(c1cccs1)C1C(=O)N2CC(C(=O)O)(C(=O)OC(c3ccccc3)c3ccccc3)CS[C@H]12. The first-order valence-electron chi connectivity index (χ1n) is 11.6. The van der Waals surface area contributed by atoms with Crippen molar-refractivity contribution in [2.75, 3.05) is 17.2 Å². The topological polar surface area (TPSA) is 104 Å². The molecule has 2 saturated heterocycles. The molecule has 0 radical (unpaired) electrons. The van der Waals surface area contributed by atoms with Gasteiger partial charge < -0.3 is 14.7 Å². The predicted octanol–water partition coefficient (Wildman–Crippen LogP) is 3.79. The molecule has 190 valence electrons. The zero-order chi connectivity index (χ0) is 26.2. The molecule has 2 aromatic carbocycles. The van der Waals surface area contributed by atoms with Crippen LogP contribution >= 0.6 is 23.1 Å². The molecule has 2 fully saturated rings. The quantitative estimate of drug-likeness (QED) is 0.278. The Morgan fingerprint density at radius 1 is 1.03 bits per heavy atom. The number of carbonyl (C=O) groups excluding carboxylic acids is 3. The number of carboxylic acids is 1. The third-order valence-electron chi connectivity index (χ3n) is 6.64. The number of carbonyl (C=O) groups is 4. The molecule has 2 aliphatic rings. The van der Waals surface area contributed by atoms with Gasteiger partial charge in [-0.25, -0.2) is 0 Å². The molecule has 1 N–H and O–H groups in total. The summed E-state index contributed by atoms with van der Waals surface area (Å²) in [5, 5.41) is 12.2. The highest BCUT2D eigenvalue weighted by molar-refractivity contribution is 8.00. The van der Waals surface area contributed by atoms with E-state index in [1.54, 1.807) is 12.1 Å². The Morgan fingerprint density at radius 2 is 1.65 bits per heavy atom. The van der Waals surface area contributed by atoms with Gasteiger partial charge in [0.05, 0.1) is 5.00 Å². The van der Waals surface area contributed by atoms with Crippen molar-refractivity contribution in [3.8, 4) is 0 Å². The number of thiophene rings is 1. The van der Waals surface area contributed by atoms with Crippen LogP contribution in [-0.2, 0) is 23.9 Å². The van der Waals surface area contributed by atoms with E-state index >= 15 is 0 Å². The summed E-state index contributed by atoms with van der Waals surface area (Å²) in [6.45, 7) is 1.08. The molecule has 3 atom stereocenters. The number of anilines is 1. The van der Waals surface area contributed by atoms with E-state index in [1.165, 1.54) is 39.8 Å². The maximum absolute atomic E-state index is 13.6. The number of β-lactam (4-membered cyclic amide) rings is 1. The van der Waals surface area contributed by atoms with Crippen LogP contribution in [0.4, 0.5) is 5.00 Å². The molecular formula is C27H24N2O6S2. The molecule has 8 nitrogen and oxygen atoms in total. The van der Waals surface area contributed by atoms with Gasteiger partial charge in [0.25, 0.3) is 0 Å². The molecule has 0 aliphatic carbocycles. The number of nitrogens with zero attached hydrogens (tertiary/aromatic N) is 2. The van der Waals surface area contributed by atoms with Crippen molar-refractivity contribution in [1.29, 1.82) is 0 Å². The van der Waals surface area contributed by atoms with Gasteiger partial charge in [-0.1, -0.05) is 60.7 Å². The highest BCUT2D eigenvalue weighted by atomic mass is 32.2. The van der Waals surface area contributed by atoms with E-state index < -0.39 is 34.9 Å². The van der Waals surface area contributed by atoms with E-state index in [4.69, 9.17) is 4.74 Å². The minimum Gasteiger partial charge on any atom is -0.480 e. The fourth-order valence-electron chi connectivity index (χ4n) is 4.70. The Balaban J connectivity index is 1.40. The number of aliphatic carboxylic acids is 1. The summed E-state index contributed by atoms with van der Waals surface area (Å²) in [5.41, 5.74) is -0.526. The lowest BCUT2D eigenvalue weighted by Crippen LogP contribution is -2.75. The summed E-state index contributed by atoms with van der Waals surface area (Å²) in [5.74, 6) is -2.99. The van der Waals surface area contributed by atoms with Crippen molar-refractivity contribution < 1.29 is 29.0 Å². The monoisotopic (exact) mass is 536 g/mol. The number of ether oxygens (including phenoxy) is 1. The van der Waals surface area contributed by atoms with Crippen LogP contribution < -0.4 is 4.90 Å². The van der Waals surface area contributed by atoms with Crippen molar-refractivity contribution in [2.45, 2.75) is 24.4 Å². The largest absolute Gasteiger partial charge is 0.480 e. The average Bonchev–Trinajstić information content (AvgIpc) is 3.44. The number of carboxylic acid groups (broad SMARTS) is 1. The van der Waals surface area contributed by atoms with Crippen LogP contribution in [0, 0.1) is 5.41 Å². The minimum atomic E-state index is -1.94. The molecule has 0 saturated carbocycles. The van der Waals surface area contributed by atoms with E-state index in [1.807, 2.05) is 66.0 Å². The van der Waals surface area contributed by atoms with Crippen LogP contribution in [0.15, 0.2) is 78.2 Å². The van der Waals surface area contributed by atoms with Crippen LogP contribution in [0.1, 0.15) is 24.2 Å². The van der Waals surface area contributed by atoms with Crippen molar-refractivity contribution in [1.82, 2.24) is 4.90 Å². The van der Waals surface area contributed by atoms with Gasteiger partial charge in [0.1, 0.15) is 11.4 Å². The Kier molecular flexibility index (Phi) is 6.78. The summed E-state index contributed by atoms with van der Waals surface area (Å²) in [4.78, 5) is 54.6. The van der Waals surface area contributed by atoms with E-state index in [0.717, 1.165) is 0 Å². The summed E-state index contributed by atoms with van der Waals surface area (Å²) in [7, 11) is 0. The molecule has 3 heterocycles. The number of hydrogen-bond acceptors (Lipinski definition) is 7. The van der Waals surface area contributed by atoms with Crippen LogP contribution in [-0.4, -0.2) is 57.5 Å². The maximum atomic E-state index is 13.6. The molecule has 2 unspecified atom stereocenters. The lowest BCUT2D eigenvalue weighted by Gasteiger charge is -2.55. The molecule has 0 bridgehead atoms. The zero-order valence-corrected chi connectivity index (χ0v) is 21.5. The second kappa shape index (κ2) is 10.0.